The lowest BCUT2D eigenvalue weighted by molar-refractivity contribution is -0.149. The molecular formula is C14H16O6. The number of ketones is 1. The molecule has 6 nitrogen and oxygen atoms in total. The fourth-order valence-corrected chi connectivity index (χ4v) is 1.60. The molecule has 0 aliphatic carbocycles. The maximum atomic E-state index is 11.3. The number of rotatable bonds is 5. The Morgan fingerprint density at radius 3 is 2.40 bits per heavy atom. The molecule has 1 atom stereocenters. The van der Waals surface area contributed by atoms with Crippen LogP contribution in [-0.2, 0) is 14.3 Å². The molecule has 1 unspecified atom stereocenters. The van der Waals surface area contributed by atoms with Crippen molar-refractivity contribution in [3.05, 3.63) is 29.3 Å². The second kappa shape index (κ2) is 6.72. The normalized spacial score (nSPS) is 12.3. The Balaban J connectivity index is 3.17. The molecule has 0 saturated carbocycles. The van der Waals surface area contributed by atoms with E-state index in [0.717, 1.165) is 0 Å². The first kappa shape index (κ1) is 15.7. The molecule has 2 N–H and O–H groups in total. The van der Waals surface area contributed by atoms with E-state index >= 15 is 0 Å². The Morgan fingerprint density at radius 1 is 1.25 bits per heavy atom. The third-order valence-corrected chi connectivity index (χ3v) is 2.70. The Morgan fingerprint density at radius 2 is 1.90 bits per heavy atom. The molecule has 0 heterocycles. The van der Waals surface area contributed by atoms with Crippen molar-refractivity contribution in [2.75, 3.05) is 14.2 Å². The summed E-state index contributed by atoms with van der Waals surface area (Å²) in [5.74, 6) is -1.53. The predicted molar refractivity (Wildman–Crippen MR) is 71.6 cm³/mol. The molecule has 20 heavy (non-hydrogen) atoms. The van der Waals surface area contributed by atoms with E-state index in [1.807, 2.05) is 0 Å². The van der Waals surface area contributed by atoms with Gasteiger partial charge < -0.3 is 19.7 Å². The van der Waals surface area contributed by atoms with Crippen LogP contribution in [0.4, 0.5) is 0 Å². The maximum Gasteiger partial charge on any atom is 0.339 e. The van der Waals surface area contributed by atoms with Crippen LogP contribution < -0.4 is 0 Å². The third kappa shape index (κ3) is 3.36. The second-order valence-electron chi connectivity index (χ2n) is 3.99. The van der Waals surface area contributed by atoms with Crippen LogP contribution in [0.15, 0.2) is 18.2 Å². The minimum Gasteiger partial charge on any atom is -0.507 e. The zero-order valence-electron chi connectivity index (χ0n) is 11.4. The van der Waals surface area contributed by atoms with E-state index in [4.69, 9.17) is 4.74 Å². The first-order valence-corrected chi connectivity index (χ1v) is 5.77. The summed E-state index contributed by atoms with van der Waals surface area (Å²) in [6.07, 6.45) is 1.63. The summed E-state index contributed by atoms with van der Waals surface area (Å²) in [5.41, 5.74) is 0.109. The first-order valence-electron chi connectivity index (χ1n) is 5.77. The van der Waals surface area contributed by atoms with Gasteiger partial charge in [0.25, 0.3) is 0 Å². The summed E-state index contributed by atoms with van der Waals surface area (Å²) in [5, 5.41) is 19.6. The van der Waals surface area contributed by atoms with E-state index in [1.54, 1.807) is 0 Å². The lowest BCUT2D eigenvalue weighted by atomic mass is 10.0. The van der Waals surface area contributed by atoms with E-state index in [1.165, 1.54) is 45.4 Å². The number of methoxy groups -OCH3 is 2. The Kier molecular flexibility index (Phi) is 5.28. The monoisotopic (exact) mass is 280 g/mol. The average Bonchev–Trinajstić information content (AvgIpc) is 2.41. The first-order chi connectivity index (χ1) is 9.42. The summed E-state index contributed by atoms with van der Waals surface area (Å²) in [7, 11) is 2.53. The molecule has 1 rings (SSSR count). The zero-order chi connectivity index (χ0) is 15.3. The van der Waals surface area contributed by atoms with Gasteiger partial charge in [-0.1, -0.05) is 0 Å². The van der Waals surface area contributed by atoms with Crippen molar-refractivity contribution in [2.45, 2.75) is 13.0 Å². The van der Waals surface area contributed by atoms with Crippen molar-refractivity contribution in [1.82, 2.24) is 0 Å². The van der Waals surface area contributed by atoms with Crippen LogP contribution in [0.1, 0.15) is 22.8 Å². The summed E-state index contributed by atoms with van der Waals surface area (Å²) in [6.45, 7) is 1.30. The molecule has 1 aromatic rings. The number of hydrogen-bond donors (Lipinski definition) is 2. The van der Waals surface area contributed by atoms with Crippen LogP contribution in [0.2, 0.25) is 0 Å². The number of ether oxygens (including phenoxy) is 2. The molecule has 108 valence electrons. The van der Waals surface area contributed by atoms with Crippen LogP contribution in [0.3, 0.4) is 0 Å². The predicted octanol–water partition coefficient (Wildman–Crippen LogP) is 1.50. The number of aromatic hydroxyl groups is 2. The van der Waals surface area contributed by atoms with E-state index in [-0.39, 0.29) is 28.4 Å². The summed E-state index contributed by atoms with van der Waals surface area (Å²) < 4.78 is 9.41. The Labute approximate surface area is 116 Å². The Hall–Kier alpha value is -2.34. The van der Waals surface area contributed by atoms with Gasteiger partial charge in [-0.15, -0.1) is 0 Å². The van der Waals surface area contributed by atoms with Crippen LogP contribution in [-0.4, -0.2) is 42.3 Å². The molecule has 0 spiro atoms. The van der Waals surface area contributed by atoms with Crippen molar-refractivity contribution in [1.29, 1.82) is 0 Å². The van der Waals surface area contributed by atoms with Crippen molar-refractivity contribution in [3.8, 4) is 11.5 Å². The quantitative estimate of drug-likeness (QED) is 0.627. The number of carbonyl (C=O) groups excluding carboxylic acids is 2. The topological polar surface area (TPSA) is 93.1 Å². The number of phenolic OH excluding ortho intramolecular Hbond substituents is 2. The van der Waals surface area contributed by atoms with Crippen LogP contribution >= 0.6 is 0 Å². The van der Waals surface area contributed by atoms with E-state index in [9.17, 15) is 19.8 Å². The molecule has 0 aromatic heterocycles. The van der Waals surface area contributed by atoms with Gasteiger partial charge in [-0.25, -0.2) is 4.79 Å². The van der Waals surface area contributed by atoms with Gasteiger partial charge >= 0.3 is 5.97 Å². The number of esters is 1. The van der Waals surface area contributed by atoms with Crippen molar-refractivity contribution >= 4 is 17.8 Å². The van der Waals surface area contributed by atoms with Gasteiger partial charge in [0.15, 0.2) is 11.9 Å². The average molecular weight is 280 g/mol. The standard InChI is InChI=1S/C14H16O6/c1-8(15)9-4-6-11(16)10(13(9)17)5-7-12(19-2)14(18)20-3/h4-7,12,16-17H,1-3H3/b7-5+. The molecular weight excluding hydrogens is 264 g/mol. The van der Waals surface area contributed by atoms with Gasteiger partial charge in [-0.2, -0.15) is 0 Å². The molecule has 0 bridgehead atoms. The number of carbonyl (C=O) groups is 2. The summed E-state index contributed by atoms with van der Waals surface area (Å²) in [6, 6.07) is 2.61. The third-order valence-electron chi connectivity index (χ3n) is 2.70. The fourth-order valence-electron chi connectivity index (χ4n) is 1.60. The number of benzene rings is 1. The fraction of sp³-hybridized carbons (Fsp3) is 0.286. The maximum absolute atomic E-state index is 11.3. The van der Waals surface area contributed by atoms with Gasteiger partial charge in [-0.3, -0.25) is 4.79 Å². The lowest BCUT2D eigenvalue weighted by Crippen LogP contribution is -2.21. The highest BCUT2D eigenvalue weighted by Crippen LogP contribution is 2.32. The molecule has 0 saturated heterocycles. The van der Waals surface area contributed by atoms with Gasteiger partial charge in [0.2, 0.25) is 0 Å². The summed E-state index contributed by atoms with van der Waals surface area (Å²) >= 11 is 0. The lowest BCUT2D eigenvalue weighted by Gasteiger charge is -2.09. The minimum absolute atomic E-state index is 0.0312. The molecule has 0 amide bonds. The largest absolute Gasteiger partial charge is 0.507 e. The van der Waals surface area contributed by atoms with E-state index in [2.05, 4.69) is 4.74 Å². The molecule has 1 aromatic carbocycles. The molecule has 0 radical (unpaired) electrons. The molecule has 0 aliphatic rings. The van der Waals surface area contributed by atoms with Gasteiger partial charge in [0.1, 0.15) is 11.5 Å². The van der Waals surface area contributed by atoms with Crippen molar-refractivity contribution < 1.29 is 29.3 Å². The van der Waals surface area contributed by atoms with Crippen molar-refractivity contribution in [2.24, 2.45) is 0 Å². The van der Waals surface area contributed by atoms with Crippen molar-refractivity contribution in [3.63, 3.8) is 0 Å². The molecule has 0 aliphatic heterocycles. The Bertz CT molecular complexity index is 547. The summed E-state index contributed by atoms with van der Waals surface area (Å²) in [4.78, 5) is 22.6. The highest BCUT2D eigenvalue weighted by Gasteiger charge is 2.17. The van der Waals surface area contributed by atoms with Gasteiger partial charge in [0.05, 0.1) is 18.2 Å². The van der Waals surface area contributed by atoms with Gasteiger partial charge in [0, 0.05) is 7.11 Å². The number of phenols is 2. The van der Waals surface area contributed by atoms with E-state index < -0.39 is 12.1 Å². The van der Waals surface area contributed by atoms with Gasteiger partial charge in [-0.05, 0) is 31.2 Å². The molecule has 0 fully saturated rings. The van der Waals surface area contributed by atoms with Crippen LogP contribution in [0.5, 0.6) is 11.5 Å². The number of Topliss-reactive ketones (excluding diaryl/α,β-unsaturated/α-hetero) is 1. The SMILES string of the molecule is COC(=O)C(/C=C/c1c(O)ccc(C(C)=O)c1O)OC. The molecule has 6 heteroatoms. The second-order valence-corrected chi connectivity index (χ2v) is 3.99. The van der Waals surface area contributed by atoms with Crippen LogP contribution in [0.25, 0.3) is 6.08 Å². The highest BCUT2D eigenvalue weighted by atomic mass is 16.6. The minimum atomic E-state index is -0.972. The smallest absolute Gasteiger partial charge is 0.339 e. The highest BCUT2D eigenvalue weighted by molar-refractivity contribution is 5.98. The van der Waals surface area contributed by atoms with E-state index in [0.29, 0.717) is 0 Å². The van der Waals surface area contributed by atoms with Crippen LogP contribution in [0, 0.1) is 0 Å². The number of hydrogen-bond acceptors (Lipinski definition) is 6. The zero-order valence-corrected chi connectivity index (χ0v) is 11.4.